The summed E-state index contributed by atoms with van der Waals surface area (Å²) in [5.41, 5.74) is 6.94. The molecule has 0 bridgehead atoms. The van der Waals surface area contributed by atoms with Gasteiger partial charge in [-0.1, -0.05) is 41.6 Å². The minimum atomic E-state index is 0.0892. The molecule has 126 valence electrons. The lowest BCUT2D eigenvalue weighted by Gasteiger charge is -2.13. The second-order valence-corrected chi connectivity index (χ2v) is 7.46. The Labute approximate surface area is 151 Å². The van der Waals surface area contributed by atoms with Gasteiger partial charge in [0.15, 0.2) is 5.16 Å². The topological polar surface area (TPSA) is 46.0 Å². The van der Waals surface area contributed by atoms with Crippen molar-refractivity contribution < 1.29 is 0 Å². The molecule has 1 N–H and O–H groups in total. The van der Waals surface area contributed by atoms with E-state index < -0.39 is 0 Å². The van der Waals surface area contributed by atoms with Crippen LogP contribution in [0.5, 0.6) is 0 Å². The number of benzene rings is 1. The molecular formula is C20H20N4S. The van der Waals surface area contributed by atoms with Gasteiger partial charge in [0.2, 0.25) is 0 Å². The van der Waals surface area contributed by atoms with Crippen LogP contribution in [0.25, 0.3) is 5.65 Å². The molecule has 3 aromatic heterocycles. The molecule has 0 fully saturated rings. The molecule has 0 spiro atoms. The van der Waals surface area contributed by atoms with Crippen LogP contribution in [0.4, 0.5) is 0 Å². The van der Waals surface area contributed by atoms with Crippen molar-refractivity contribution in [2.24, 2.45) is 0 Å². The molecular weight excluding hydrogens is 328 g/mol. The first-order valence-corrected chi connectivity index (χ1v) is 9.17. The molecule has 4 nitrogen and oxygen atoms in total. The first-order valence-electron chi connectivity index (χ1n) is 8.29. The van der Waals surface area contributed by atoms with Gasteiger partial charge in [0.25, 0.3) is 0 Å². The lowest BCUT2D eigenvalue weighted by Crippen LogP contribution is -1.98. The van der Waals surface area contributed by atoms with Gasteiger partial charge >= 0.3 is 0 Å². The fourth-order valence-electron chi connectivity index (χ4n) is 3.04. The fraction of sp³-hybridized carbons (Fsp3) is 0.200. The Bertz CT molecular complexity index is 1000. The second kappa shape index (κ2) is 6.41. The van der Waals surface area contributed by atoms with E-state index in [1.165, 1.54) is 22.4 Å². The number of imidazole rings is 2. The van der Waals surface area contributed by atoms with E-state index in [2.05, 4.69) is 77.7 Å². The summed E-state index contributed by atoms with van der Waals surface area (Å²) in [6.45, 7) is 6.33. The van der Waals surface area contributed by atoms with E-state index >= 15 is 0 Å². The number of nitrogens with zero attached hydrogens (tertiary/aromatic N) is 3. The SMILES string of the molecule is Cc1ccc(C(Sc2ncc[nH]2)c2cn3c(C)cc(C)cc3n2)cc1. The second-order valence-electron chi connectivity index (χ2n) is 6.37. The predicted octanol–water partition coefficient (Wildman–Crippen LogP) is 4.86. The van der Waals surface area contributed by atoms with E-state index in [1.54, 1.807) is 18.0 Å². The zero-order valence-corrected chi connectivity index (χ0v) is 15.3. The van der Waals surface area contributed by atoms with Crippen molar-refractivity contribution in [3.05, 3.63) is 83.1 Å². The number of thioether (sulfide) groups is 1. The first kappa shape index (κ1) is 16.0. The minimum Gasteiger partial charge on any atom is -0.340 e. The van der Waals surface area contributed by atoms with E-state index in [9.17, 15) is 0 Å². The third-order valence-electron chi connectivity index (χ3n) is 4.28. The molecule has 1 unspecified atom stereocenters. The number of nitrogens with one attached hydrogen (secondary N) is 1. The highest BCUT2D eigenvalue weighted by atomic mass is 32.2. The average Bonchev–Trinajstić information content (AvgIpc) is 3.23. The molecule has 0 radical (unpaired) electrons. The normalized spacial score (nSPS) is 12.6. The summed E-state index contributed by atoms with van der Waals surface area (Å²) in [7, 11) is 0. The molecule has 0 aliphatic heterocycles. The van der Waals surface area contributed by atoms with Gasteiger partial charge < -0.3 is 9.38 Å². The van der Waals surface area contributed by atoms with Crippen LogP contribution < -0.4 is 0 Å². The maximum Gasteiger partial charge on any atom is 0.166 e. The van der Waals surface area contributed by atoms with E-state index in [0.29, 0.717) is 0 Å². The summed E-state index contributed by atoms with van der Waals surface area (Å²) in [6.07, 6.45) is 5.78. The molecule has 4 rings (SSSR count). The monoisotopic (exact) mass is 348 g/mol. The van der Waals surface area contributed by atoms with Crippen LogP contribution in [0.3, 0.4) is 0 Å². The smallest absolute Gasteiger partial charge is 0.166 e. The highest BCUT2D eigenvalue weighted by Gasteiger charge is 2.20. The summed E-state index contributed by atoms with van der Waals surface area (Å²) < 4.78 is 2.16. The largest absolute Gasteiger partial charge is 0.340 e. The number of hydrogen-bond acceptors (Lipinski definition) is 3. The number of aryl methyl sites for hydroxylation is 3. The number of hydrogen-bond donors (Lipinski definition) is 1. The van der Waals surface area contributed by atoms with Crippen LogP contribution in [-0.2, 0) is 0 Å². The Balaban J connectivity index is 1.82. The van der Waals surface area contributed by atoms with Crippen LogP contribution in [0.1, 0.15) is 33.3 Å². The van der Waals surface area contributed by atoms with Crippen molar-refractivity contribution in [1.29, 1.82) is 0 Å². The predicted molar refractivity (Wildman–Crippen MR) is 102 cm³/mol. The average molecular weight is 348 g/mol. The van der Waals surface area contributed by atoms with Gasteiger partial charge in [0.05, 0.1) is 10.9 Å². The van der Waals surface area contributed by atoms with Crippen LogP contribution in [0.2, 0.25) is 0 Å². The quantitative estimate of drug-likeness (QED) is 0.536. The lowest BCUT2D eigenvalue weighted by atomic mass is 10.1. The Morgan fingerprint density at radius 1 is 1.04 bits per heavy atom. The molecule has 5 heteroatoms. The highest BCUT2D eigenvalue weighted by Crippen LogP contribution is 2.38. The van der Waals surface area contributed by atoms with Crippen LogP contribution >= 0.6 is 11.8 Å². The van der Waals surface area contributed by atoms with Gasteiger partial charge in [0.1, 0.15) is 5.65 Å². The van der Waals surface area contributed by atoms with E-state index in [4.69, 9.17) is 4.98 Å². The van der Waals surface area contributed by atoms with Crippen LogP contribution in [0, 0.1) is 20.8 Å². The molecule has 0 amide bonds. The molecule has 4 aromatic rings. The van der Waals surface area contributed by atoms with Crippen LogP contribution in [-0.4, -0.2) is 19.4 Å². The van der Waals surface area contributed by atoms with Gasteiger partial charge in [-0.25, -0.2) is 9.97 Å². The fourth-order valence-corrected chi connectivity index (χ4v) is 4.04. The van der Waals surface area contributed by atoms with Gasteiger partial charge in [0, 0.05) is 24.3 Å². The number of rotatable bonds is 4. The van der Waals surface area contributed by atoms with E-state index in [1.807, 2.05) is 6.20 Å². The maximum atomic E-state index is 4.91. The Kier molecular flexibility index (Phi) is 4.09. The Morgan fingerprint density at radius 3 is 2.56 bits per heavy atom. The molecule has 0 aliphatic rings. The molecule has 3 heterocycles. The number of aromatic nitrogens is 4. The van der Waals surface area contributed by atoms with Gasteiger partial charge in [-0.3, -0.25) is 0 Å². The zero-order valence-electron chi connectivity index (χ0n) is 14.5. The Hall–Kier alpha value is -2.53. The number of aromatic amines is 1. The molecule has 1 aromatic carbocycles. The third-order valence-corrected chi connectivity index (χ3v) is 5.47. The van der Waals surface area contributed by atoms with Crippen molar-refractivity contribution >= 4 is 17.4 Å². The Morgan fingerprint density at radius 2 is 1.84 bits per heavy atom. The van der Waals surface area contributed by atoms with Crippen molar-refractivity contribution in [3.8, 4) is 0 Å². The van der Waals surface area contributed by atoms with Crippen molar-refractivity contribution in [2.75, 3.05) is 0 Å². The van der Waals surface area contributed by atoms with Crippen molar-refractivity contribution in [1.82, 2.24) is 19.4 Å². The zero-order chi connectivity index (χ0) is 17.4. The minimum absolute atomic E-state index is 0.0892. The van der Waals surface area contributed by atoms with Crippen molar-refractivity contribution in [3.63, 3.8) is 0 Å². The van der Waals surface area contributed by atoms with Gasteiger partial charge in [-0.2, -0.15) is 0 Å². The highest BCUT2D eigenvalue weighted by molar-refractivity contribution is 7.99. The summed E-state index contributed by atoms with van der Waals surface area (Å²) >= 11 is 1.69. The standard InChI is InChI=1S/C20H20N4S/c1-13-4-6-16(7-5-13)19(25-20-21-8-9-22-20)17-12-24-15(3)10-14(2)11-18(24)23-17/h4-12,19H,1-3H3,(H,21,22). The van der Waals surface area contributed by atoms with Gasteiger partial charge in [-0.15, -0.1) is 0 Å². The number of fused-ring (bicyclic) bond motifs is 1. The summed E-state index contributed by atoms with van der Waals surface area (Å²) in [4.78, 5) is 12.5. The van der Waals surface area contributed by atoms with E-state index in [-0.39, 0.29) is 5.25 Å². The molecule has 25 heavy (non-hydrogen) atoms. The summed E-state index contributed by atoms with van der Waals surface area (Å²) in [5, 5.41) is 0.988. The molecule has 0 aliphatic carbocycles. The van der Waals surface area contributed by atoms with E-state index in [0.717, 1.165) is 16.5 Å². The molecule has 0 saturated carbocycles. The molecule has 1 atom stereocenters. The van der Waals surface area contributed by atoms with Crippen LogP contribution in [0.15, 0.2) is 60.1 Å². The maximum absolute atomic E-state index is 4.91. The first-order chi connectivity index (χ1) is 12.1. The molecule has 0 saturated heterocycles. The van der Waals surface area contributed by atoms with Crippen molar-refractivity contribution in [2.45, 2.75) is 31.2 Å². The summed E-state index contributed by atoms with van der Waals surface area (Å²) in [5.74, 6) is 0. The third kappa shape index (κ3) is 3.20. The lowest BCUT2D eigenvalue weighted by molar-refractivity contribution is 1.02. The summed E-state index contributed by atoms with van der Waals surface area (Å²) in [6, 6.07) is 13.0. The van der Waals surface area contributed by atoms with Gasteiger partial charge in [-0.05, 0) is 44.0 Å². The number of H-pyrrole nitrogens is 1. The number of pyridine rings is 1.